The molecule has 1 aliphatic rings. The fourth-order valence-corrected chi connectivity index (χ4v) is 1.60. The van der Waals surface area contributed by atoms with Gasteiger partial charge >= 0.3 is 0 Å². The predicted octanol–water partition coefficient (Wildman–Crippen LogP) is 0.195. The number of nitrogens with one attached hydrogen (secondary N) is 2. The van der Waals surface area contributed by atoms with Gasteiger partial charge in [0.25, 0.3) is 0 Å². The first-order valence-corrected chi connectivity index (χ1v) is 5.71. The van der Waals surface area contributed by atoms with Crippen LogP contribution in [0.4, 0.5) is 0 Å². The highest BCUT2D eigenvalue weighted by Crippen LogP contribution is 2.17. The van der Waals surface area contributed by atoms with Crippen LogP contribution in [0, 0.1) is 0 Å². The van der Waals surface area contributed by atoms with E-state index >= 15 is 0 Å². The molecule has 0 spiro atoms. The van der Waals surface area contributed by atoms with Gasteiger partial charge in [-0.25, -0.2) is 0 Å². The van der Waals surface area contributed by atoms with Gasteiger partial charge in [-0.1, -0.05) is 6.92 Å². The van der Waals surface area contributed by atoms with Crippen molar-refractivity contribution in [1.29, 1.82) is 0 Å². The van der Waals surface area contributed by atoms with Crippen molar-refractivity contribution in [3.8, 4) is 0 Å². The minimum absolute atomic E-state index is 0.0593. The fourth-order valence-electron chi connectivity index (χ4n) is 1.60. The Kier molecular flexibility index (Phi) is 4.11. The lowest BCUT2D eigenvalue weighted by Crippen LogP contribution is -2.59. The van der Waals surface area contributed by atoms with Gasteiger partial charge in [0, 0.05) is 32.2 Å². The molecule has 2 N–H and O–H groups in total. The van der Waals surface area contributed by atoms with Crippen molar-refractivity contribution in [3.05, 3.63) is 0 Å². The van der Waals surface area contributed by atoms with E-state index in [4.69, 9.17) is 0 Å². The normalized spacial score (nSPS) is 22.5. The average molecular weight is 213 g/mol. The highest BCUT2D eigenvalue weighted by Gasteiger charge is 2.31. The van der Waals surface area contributed by atoms with E-state index in [2.05, 4.69) is 31.4 Å². The zero-order valence-corrected chi connectivity index (χ0v) is 10.3. The summed E-state index contributed by atoms with van der Waals surface area (Å²) < 4.78 is 0. The number of likely N-dealkylation sites (N-methyl/N-ethyl adjacent to an activating group) is 1. The second kappa shape index (κ2) is 4.94. The van der Waals surface area contributed by atoms with Crippen LogP contribution in [0.1, 0.15) is 27.2 Å². The molecule has 0 saturated carbocycles. The molecule has 0 aromatic rings. The minimum atomic E-state index is -0.0606. The molecule has 1 aliphatic heterocycles. The van der Waals surface area contributed by atoms with Crippen molar-refractivity contribution in [2.45, 2.75) is 38.8 Å². The van der Waals surface area contributed by atoms with E-state index in [1.807, 2.05) is 11.9 Å². The molecule has 0 aromatic heterocycles. The molecule has 4 heteroatoms. The first-order valence-electron chi connectivity index (χ1n) is 5.71. The highest BCUT2D eigenvalue weighted by atomic mass is 16.2. The summed E-state index contributed by atoms with van der Waals surface area (Å²) >= 11 is 0. The summed E-state index contributed by atoms with van der Waals surface area (Å²) in [5.41, 5.74) is -0.0593. The number of piperazine rings is 1. The molecule has 1 saturated heterocycles. The third-order valence-corrected chi connectivity index (χ3v) is 3.44. The van der Waals surface area contributed by atoms with Crippen molar-refractivity contribution < 1.29 is 4.79 Å². The molecule has 1 atom stereocenters. The van der Waals surface area contributed by atoms with E-state index in [1.54, 1.807) is 0 Å². The van der Waals surface area contributed by atoms with Crippen LogP contribution >= 0.6 is 0 Å². The van der Waals surface area contributed by atoms with Crippen LogP contribution in [-0.4, -0.2) is 49.1 Å². The van der Waals surface area contributed by atoms with Crippen LogP contribution in [0.25, 0.3) is 0 Å². The molecule has 0 aromatic carbocycles. The van der Waals surface area contributed by atoms with Crippen LogP contribution in [-0.2, 0) is 4.79 Å². The Bertz CT molecular complexity index is 222. The highest BCUT2D eigenvalue weighted by molar-refractivity contribution is 5.82. The zero-order valence-electron chi connectivity index (χ0n) is 10.3. The predicted molar refractivity (Wildman–Crippen MR) is 61.8 cm³/mol. The standard InChI is InChI=1S/C11H23N3O/c1-5-11(2,3)14(4)10(15)9-8-12-6-7-13-9/h9,12-13H,5-8H2,1-4H3. The summed E-state index contributed by atoms with van der Waals surface area (Å²) in [6, 6.07) is -0.0606. The van der Waals surface area contributed by atoms with Crippen molar-refractivity contribution in [3.63, 3.8) is 0 Å². The van der Waals surface area contributed by atoms with Crippen molar-refractivity contribution in [2.75, 3.05) is 26.7 Å². The molecular weight excluding hydrogens is 190 g/mol. The van der Waals surface area contributed by atoms with E-state index in [-0.39, 0.29) is 17.5 Å². The molecule has 1 amide bonds. The van der Waals surface area contributed by atoms with Crippen LogP contribution in [0.5, 0.6) is 0 Å². The van der Waals surface area contributed by atoms with Gasteiger partial charge in [-0.3, -0.25) is 4.79 Å². The number of nitrogens with zero attached hydrogens (tertiary/aromatic N) is 1. The van der Waals surface area contributed by atoms with E-state index < -0.39 is 0 Å². The molecule has 1 rings (SSSR count). The van der Waals surface area contributed by atoms with E-state index in [0.29, 0.717) is 0 Å². The van der Waals surface area contributed by atoms with Gasteiger partial charge in [0.2, 0.25) is 5.91 Å². The monoisotopic (exact) mass is 213 g/mol. The Labute approximate surface area is 92.4 Å². The third kappa shape index (κ3) is 2.92. The van der Waals surface area contributed by atoms with Gasteiger partial charge in [-0.05, 0) is 20.3 Å². The Balaban J connectivity index is 2.58. The zero-order chi connectivity index (χ0) is 11.5. The summed E-state index contributed by atoms with van der Waals surface area (Å²) in [5.74, 6) is 0.189. The second-order valence-electron chi connectivity index (χ2n) is 4.77. The minimum Gasteiger partial charge on any atom is -0.339 e. The summed E-state index contributed by atoms with van der Waals surface area (Å²) in [6.45, 7) is 8.86. The molecule has 1 unspecified atom stereocenters. The lowest BCUT2D eigenvalue weighted by Gasteiger charge is -2.38. The molecule has 1 heterocycles. The van der Waals surface area contributed by atoms with Crippen molar-refractivity contribution in [2.24, 2.45) is 0 Å². The molecule has 15 heavy (non-hydrogen) atoms. The molecule has 88 valence electrons. The number of amides is 1. The Morgan fingerprint density at radius 2 is 2.13 bits per heavy atom. The fraction of sp³-hybridized carbons (Fsp3) is 0.909. The Hall–Kier alpha value is -0.610. The Morgan fingerprint density at radius 3 is 2.60 bits per heavy atom. The van der Waals surface area contributed by atoms with E-state index in [9.17, 15) is 4.79 Å². The average Bonchev–Trinajstić information content (AvgIpc) is 2.28. The van der Waals surface area contributed by atoms with Gasteiger partial charge in [0.15, 0.2) is 0 Å². The van der Waals surface area contributed by atoms with Crippen LogP contribution in [0.15, 0.2) is 0 Å². The van der Waals surface area contributed by atoms with Gasteiger partial charge in [-0.2, -0.15) is 0 Å². The summed E-state index contributed by atoms with van der Waals surface area (Å²) in [7, 11) is 1.89. The summed E-state index contributed by atoms with van der Waals surface area (Å²) in [6.07, 6.45) is 0.968. The van der Waals surface area contributed by atoms with Gasteiger partial charge in [-0.15, -0.1) is 0 Å². The van der Waals surface area contributed by atoms with Crippen LogP contribution in [0.3, 0.4) is 0 Å². The number of hydrogen-bond acceptors (Lipinski definition) is 3. The molecule has 4 nitrogen and oxygen atoms in total. The van der Waals surface area contributed by atoms with Crippen molar-refractivity contribution in [1.82, 2.24) is 15.5 Å². The van der Waals surface area contributed by atoms with Crippen molar-refractivity contribution >= 4 is 5.91 Å². The first kappa shape index (κ1) is 12.5. The third-order valence-electron chi connectivity index (χ3n) is 3.44. The molecule has 1 fully saturated rings. The van der Waals surface area contributed by atoms with E-state index in [0.717, 1.165) is 26.1 Å². The maximum absolute atomic E-state index is 12.1. The number of carbonyl (C=O) groups is 1. The topological polar surface area (TPSA) is 44.4 Å². The molecule has 0 aliphatic carbocycles. The maximum Gasteiger partial charge on any atom is 0.241 e. The number of rotatable bonds is 3. The van der Waals surface area contributed by atoms with Crippen LogP contribution in [0.2, 0.25) is 0 Å². The second-order valence-corrected chi connectivity index (χ2v) is 4.77. The molecular formula is C11H23N3O. The number of hydrogen-bond donors (Lipinski definition) is 2. The van der Waals surface area contributed by atoms with Gasteiger partial charge in [0.05, 0.1) is 6.04 Å². The molecule has 0 bridgehead atoms. The quantitative estimate of drug-likeness (QED) is 0.703. The summed E-state index contributed by atoms with van der Waals surface area (Å²) in [5, 5.41) is 6.47. The Morgan fingerprint density at radius 1 is 1.47 bits per heavy atom. The SMILES string of the molecule is CCC(C)(C)N(C)C(=O)C1CNCCN1. The largest absolute Gasteiger partial charge is 0.339 e. The lowest BCUT2D eigenvalue weighted by atomic mass is 9.99. The number of carbonyl (C=O) groups excluding carboxylic acids is 1. The molecule has 0 radical (unpaired) electrons. The van der Waals surface area contributed by atoms with Gasteiger partial charge in [0.1, 0.15) is 0 Å². The van der Waals surface area contributed by atoms with Crippen LogP contribution < -0.4 is 10.6 Å². The maximum atomic E-state index is 12.1. The lowest BCUT2D eigenvalue weighted by molar-refractivity contribution is -0.137. The van der Waals surface area contributed by atoms with Gasteiger partial charge < -0.3 is 15.5 Å². The first-order chi connectivity index (χ1) is 6.99. The smallest absolute Gasteiger partial charge is 0.241 e. The van der Waals surface area contributed by atoms with E-state index in [1.165, 1.54) is 0 Å². The summed E-state index contributed by atoms with van der Waals surface area (Å²) in [4.78, 5) is 14.0.